The van der Waals surface area contributed by atoms with E-state index in [1.165, 1.54) is 5.56 Å². The van der Waals surface area contributed by atoms with Crippen LogP contribution in [0.5, 0.6) is 5.88 Å². The first-order valence-electron chi connectivity index (χ1n) is 6.69. The van der Waals surface area contributed by atoms with Crippen molar-refractivity contribution in [2.24, 2.45) is 0 Å². The summed E-state index contributed by atoms with van der Waals surface area (Å²) >= 11 is 3.51. The maximum absolute atomic E-state index is 5.75. The van der Waals surface area contributed by atoms with Gasteiger partial charge < -0.3 is 10.1 Å². The Balaban J connectivity index is 1.96. The molecule has 1 aromatic carbocycles. The van der Waals surface area contributed by atoms with E-state index in [0.717, 1.165) is 16.6 Å². The average molecular weight is 335 g/mol. The maximum Gasteiger partial charge on any atom is 0.213 e. The SMILES string of the molecule is CC(C)NCc1ccnc(OCc2ccccc2Br)c1. The highest BCUT2D eigenvalue weighted by atomic mass is 79.9. The van der Waals surface area contributed by atoms with Crippen LogP contribution in [0.1, 0.15) is 25.0 Å². The summed E-state index contributed by atoms with van der Waals surface area (Å²) in [5, 5.41) is 3.38. The zero-order valence-corrected chi connectivity index (χ0v) is 13.4. The maximum atomic E-state index is 5.75. The van der Waals surface area contributed by atoms with Crippen molar-refractivity contribution in [2.45, 2.75) is 33.0 Å². The first-order valence-corrected chi connectivity index (χ1v) is 7.49. The predicted molar refractivity (Wildman–Crippen MR) is 84.7 cm³/mol. The van der Waals surface area contributed by atoms with E-state index in [0.29, 0.717) is 18.5 Å². The Bertz CT molecular complexity index is 558. The van der Waals surface area contributed by atoms with Crippen molar-refractivity contribution in [2.75, 3.05) is 0 Å². The molecule has 0 aliphatic carbocycles. The molecule has 2 aromatic rings. The first kappa shape index (κ1) is 15.0. The van der Waals surface area contributed by atoms with Gasteiger partial charge in [0.1, 0.15) is 6.61 Å². The van der Waals surface area contributed by atoms with Gasteiger partial charge in [-0.3, -0.25) is 0 Å². The number of hydrogen-bond donors (Lipinski definition) is 1. The molecule has 1 aromatic heterocycles. The summed E-state index contributed by atoms with van der Waals surface area (Å²) in [6, 6.07) is 12.5. The van der Waals surface area contributed by atoms with Gasteiger partial charge in [0.2, 0.25) is 5.88 Å². The van der Waals surface area contributed by atoms with Crippen molar-refractivity contribution in [3.63, 3.8) is 0 Å². The molecule has 0 aliphatic rings. The minimum Gasteiger partial charge on any atom is -0.473 e. The third-order valence-corrected chi connectivity index (χ3v) is 3.62. The van der Waals surface area contributed by atoms with Gasteiger partial charge in [-0.2, -0.15) is 0 Å². The zero-order valence-electron chi connectivity index (χ0n) is 11.8. The van der Waals surface area contributed by atoms with Crippen molar-refractivity contribution in [3.05, 3.63) is 58.2 Å². The van der Waals surface area contributed by atoms with E-state index in [-0.39, 0.29) is 0 Å². The quantitative estimate of drug-likeness (QED) is 0.869. The second kappa shape index (κ2) is 7.41. The van der Waals surface area contributed by atoms with Crippen molar-refractivity contribution < 1.29 is 4.74 Å². The van der Waals surface area contributed by atoms with Crippen LogP contribution in [0.25, 0.3) is 0 Å². The van der Waals surface area contributed by atoms with Crippen LogP contribution in [0.15, 0.2) is 47.1 Å². The Morgan fingerprint density at radius 3 is 2.80 bits per heavy atom. The van der Waals surface area contributed by atoms with Crippen molar-refractivity contribution in [1.82, 2.24) is 10.3 Å². The highest BCUT2D eigenvalue weighted by Crippen LogP contribution is 2.18. The van der Waals surface area contributed by atoms with Crippen LogP contribution in [0, 0.1) is 0 Å². The standard InChI is InChI=1S/C16H19BrN2O/c1-12(2)19-10-13-7-8-18-16(9-13)20-11-14-5-3-4-6-15(14)17/h3-9,12,19H,10-11H2,1-2H3. The van der Waals surface area contributed by atoms with E-state index >= 15 is 0 Å². The molecule has 0 bridgehead atoms. The highest BCUT2D eigenvalue weighted by Gasteiger charge is 2.02. The summed E-state index contributed by atoms with van der Waals surface area (Å²) in [6.07, 6.45) is 1.78. The third kappa shape index (κ3) is 4.62. The topological polar surface area (TPSA) is 34.2 Å². The molecule has 0 saturated heterocycles. The van der Waals surface area contributed by atoms with Gasteiger partial charge in [0, 0.05) is 34.9 Å². The van der Waals surface area contributed by atoms with E-state index in [1.807, 2.05) is 36.4 Å². The lowest BCUT2D eigenvalue weighted by atomic mass is 10.2. The molecule has 0 saturated carbocycles. The molecule has 2 rings (SSSR count). The van der Waals surface area contributed by atoms with Crippen LogP contribution in [-0.4, -0.2) is 11.0 Å². The lowest BCUT2D eigenvalue weighted by molar-refractivity contribution is 0.292. The number of halogens is 1. The van der Waals surface area contributed by atoms with Crippen LogP contribution < -0.4 is 10.1 Å². The largest absolute Gasteiger partial charge is 0.473 e. The van der Waals surface area contributed by atoms with Crippen LogP contribution in [-0.2, 0) is 13.2 Å². The van der Waals surface area contributed by atoms with Crippen LogP contribution in [0.2, 0.25) is 0 Å². The number of hydrogen-bond acceptors (Lipinski definition) is 3. The van der Waals surface area contributed by atoms with Gasteiger partial charge in [-0.25, -0.2) is 4.98 Å². The number of aromatic nitrogens is 1. The molecule has 0 amide bonds. The van der Waals surface area contributed by atoms with Gasteiger partial charge in [-0.05, 0) is 17.7 Å². The molecule has 0 spiro atoms. The fourth-order valence-corrected chi connectivity index (χ4v) is 2.13. The minimum atomic E-state index is 0.466. The van der Waals surface area contributed by atoms with E-state index in [1.54, 1.807) is 6.20 Å². The van der Waals surface area contributed by atoms with Crippen molar-refractivity contribution in [1.29, 1.82) is 0 Å². The molecule has 1 N–H and O–H groups in total. The van der Waals surface area contributed by atoms with Gasteiger partial charge in [0.15, 0.2) is 0 Å². The molecule has 0 aliphatic heterocycles. The fourth-order valence-electron chi connectivity index (χ4n) is 1.73. The fraction of sp³-hybridized carbons (Fsp3) is 0.312. The molecule has 1 heterocycles. The van der Waals surface area contributed by atoms with Crippen LogP contribution >= 0.6 is 15.9 Å². The molecular formula is C16H19BrN2O. The Morgan fingerprint density at radius 2 is 2.05 bits per heavy atom. The number of pyridine rings is 1. The van der Waals surface area contributed by atoms with Crippen molar-refractivity contribution >= 4 is 15.9 Å². The van der Waals surface area contributed by atoms with Gasteiger partial charge in [0.05, 0.1) is 0 Å². The molecule has 0 unspecified atom stereocenters. The van der Waals surface area contributed by atoms with Gasteiger partial charge in [0.25, 0.3) is 0 Å². The number of nitrogens with one attached hydrogen (secondary N) is 1. The van der Waals surface area contributed by atoms with Crippen LogP contribution in [0.4, 0.5) is 0 Å². The minimum absolute atomic E-state index is 0.466. The lowest BCUT2D eigenvalue weighted by Crippen LogP contribution is -2.21. The summed E-state index contributed by atoms with van der Waals surface area (Å²) in [5.74, 6) is 0.656. The number of nitrogens with zero attached hydrogens (tertiary/aromatic N) is 1. The second-order valence-corrected chi connectivity index (χ2v) is 5.77. The van der Waals surface area contributed by atoms with Gasteiger partial charge in [-0.15, -0.1) is 0 Å². The third-order valence-electron chi connectivity index (χ3n) is 2.85. The van der Waals surface area contributed by atoms with E-state index < -0.39 is 0 Å². The Morgan fingerprint density at radius 1 is 1.25 bits per heavy atom. The van der Waals surface area contributed by atoms with E-state index in [2.05, 4.69) is 40.1 Å². The molecule has 0 radical (unpaired) electrons. The van der Waals surface area contributed by atoms with Crippen LogP contribution in [0.3, 0.4) is 0 Å². The second-order valence-electron chi connectivity index (χ2n) is 4.92. The Hall–Kier alpha value is -1.39. The molecular weight excluding hydrogens is 316 g/mol. The Labute approximate surface area is 128 Å². The lowest BCUT2D eigenvalue weighted by Gasteiger charge is -2.10. The summed E-state index contributed by atoms with van der Waals surface area (Å²) in [5.41, 5.74) is 2.29. The van der Waals surface area contributed by atoms with Gasteiger partial charge in [-0.1, -0.05) is 48.0 Å². The molecule has 0 atom stereocenters. The molecule has 0 fully saturated rings. The molecule has 3 nitrogen and oxygen atoms in total. The van der Waals surface area contributed by atoms with Gasteiger partial charge >= 0.3 is 0 Å². The molecule has 4 heteroatoms. The summed E-state index contributed by atoms with van der Waals surface area (Å²) in [7, 11) is 0. The van der Waals surface area contributed by atoms with E-state index in [4.69, 9.17) is 4.74 Å². The number of ether oxygens (including phenoxy) is 1. The molecule has 20 heavy (non-hydrogen) atoms. The van der Waals surface area contributed by atoms with E-state index in [9.17, 15) is 0 Å². The average Bonchev–Trinajstić information content (AvgIpc) is 2.45. The normalized spacial score (nSPS) is 10.8. The Kier molecular flexibility index (Phi) is 5.56. The zero-order chi connectivity index (χ0) is 14.4. The summed E-state index contributed by atoms with van der Waals surface area (Å²) in [4.78, 5) is 4.25. The monoisotopic (exact) mass is 334 g/mol. The first-order chi connectivity index (χ1) is 9.65. The molecule has 106 valence electrons. The van der Waals surface area contributed by atoms with Crippen molar-refractivity contribution in [3.8, 4) is 5.88 Å². The number of benzene rings is 1. The predicted octanol–water partition coefficient (Wildman–Crippen LogP) is 3.92. The highest BCUT2D eigenvalue weighted by molar-refractivity contribution is 9.10. The summed E-state index contributed by atoms with van der Waals surface area (Å²) in [6.45, 7) is 5.60. The smallest absolute Gasteiger partial charge is 0.213 e. The summed E-state index contributed by atoms with van der Waals surface area (Å²) < 4.78 is 6.80. The number of rotatable bonds is 6.